The molecule has 3 aromatic rings. The van der Waals surface area contributed by atoms with E-state index in [1.54, 1.807) is 13.0 Å². The van der Waals surface area contributed by atoms with E-state index in [1.165, 1.54) is 30.5 Å². The van der Waals surface area contributed by atoms with Crippen LogP contribution in [0.2, 0.25) is 0 Å². The Hall–Kier alpha value is -3.82. The van der Waals surface area contributed by atoms with Crippen molar-refractivity contribution in [1.82, 2.24) is 0 Å². The number of ether oxygens (including phenoxy) is 1. The summed E-state index contributed by atoms with van der Waals surface area (Å²) in [6, 6.07) is 7.16. The first-order valence-electron chi connectivity index (χ1n) is 8.41. The van der Waals surface area contributed by atoms with Gasteiger partial charge in [-0.2, -0.15) is 8.78 Å². The third-order valence-corrected chi connectivity index (χ3v) is 4.13. The Morgan fingerprint density at radius 3 is 2.13 bits per heavy atom. The first kappa shape index (κ1) is 20.9. The van der Waals surface area contributed by atoms with Crippen LogP contribution in [0.5, 0.6) is 5.75 Å². The zero-order valence-electron chi connectivity index (χ0n) is 15.6. The zero-order chi connectivity index (χ0) is 22.0. The normalized spacial score (nSPS) is 10.6. The molecule has 2 N–H and O–H groups in total. The molecule has 3 rings (SSSR count). The van der Waals surface area contributed by atoms with Crippen molar-refractivity contribution in [2.24, 2.45) is 0 Å². The predicted octanol–water partition coefficient (Wildman–Crippen LogP) is 4.66. The fourth-order valence-corrected chi connectivity index (χ4v) is 2.66. The summed E-state index contributed by atoms with van der Waals surface area (Å²) in [4.78, 5) is 24.3. The van der Waals surface area contributed by atoms with E-state index < -0.39 is 46.4 Å². The molecule has 0 saturated carbocycles. The minimum Gasteiger partial charge on any atom is -0.491 e. The fourth-order valence-electron chi connectivity index (χ4n) is 2.66. The molecule has 30 heavy (non-hydrogen) atoms. The van der Waals surface area contributed by atoms with E-state index >= 15 is 0 Å². The van der Waals surface area contributed by atoms with Crippen LogP contribution in [-0.4, -0.2) is 18.9 Å². The van der Waals surface area contributed by atoms with E-state index in [0.29, 0.717) is 11.3 Å². The monoisotopic (exact) mass is 422 g/mol. The Morgan fingerprint density at radius 2 is 1.60 bits per heavy atom. The van der Waals surface area contributed by atoms with Crippen LogP contribution in [0.3, 0.4) is 0 Å². The van der Waals surface area contributed by atoms with E-state index in [9.17, 15) is 27.2 Å². The number of furan rings is 1. The summed E-state index contributed by atoms with van der Waals surface area (Å²) in [5.41, 5.74) is -0.489. The van der Waals surface area contributed by atoms with Crippen LogP contribution in [0, 0.1) is 30.2 Å². The highest BCUT2D eigenvalue weighted by molar-refractivity contribution is 6.05. The number of nitrogens with one attached hydrogen (secondary N) is 2. The Bertz CT molecular complexity index is 1100. The number of halogens is 4. The average molecular weight is 422 g/mol. The molecule has 0 atom stereocenters. The number of amides is 2. The lowest BCUT2D eigenvalue weighted by Gasteiger charge is -2.13. The van der Waals surface area contributed by atoms with Gasteiger partial charge in [-0.25, -0.2) is 8.78 Å². The predicted molar refractivity (Wildman–Crippen MR) is 98.6 cm³/mol. The number of aryl methyl sites for hydroxylation is 1. The van der Waals surface area contributed by atoms with Gasteiger partial charge >= 0.3 is 0 Å². The molecular weight excluding hydrogens is 408 g/mol. The van der Waals surface area contributed by atoms with Gasteiger partial charge in [0.2, 0.25) is 11.6 Å². The molecule has 6 nitrogen and oxygen atoms in total. The maximum atomic E-state index is 14.1. The Labute approximate surface area is 167 Å². The summed E-state index contributed by atoms with van der Waals surface area (Å²) in [5.74, 6) is -10.5. The summed E-state index contributed by atoms with van der Waals surface area (Å²) in [7, 11) is 0.828. The molecule has 0 aliphatic carbocycles. The highest BCUT2D eigenvalue weighted by Gasteiger charge is 2.30. The van der Waals surface area contributed by atoms with Crippen molar-refractivity contribution < 1.29 is 36.3 Å². The van der Waals surface area contributed by atoms with E-state index in [-0.39, 0.29) is 11.4 Å². The standard InChI is InChI=1S/C20H14F4N2O4/c1-9-8-10(5-6-11(9)26-19(27)12-4-3-7-30-12)25-20(28)13-14(21)16(23)18(29-2)17(24)15(13)22/h3-8H,1-2H3,(H,25,28)(H,26,27). The smallest absolute Gasteiger partial charge is 0.291 e. The lowest BCUT2D eigenvalue weighted by Crippen LogP contribution is -2.19. The molecule has 1 aromatic heterocycles. The SMILES string of the molecule is COc1c(F)c(F)c(C(=O)Nc2ccc(NC(=O)c3ccco3)c(C)c2)c(F)c1F. The molecule has 0 bridgehead atoms. The van der Waals surface area contributed by atoms with Crippen molar-refractivity contribution in [3.63, 3.8) is 0 Å². The van der Waals surface area contributed by atoms with Crippen molar-refractivity contribution >= 4 is 23.2 Å². The van der Waals surface area contributed by atoms with Crippen LogP contribution in [0.25, 0.3) is 0 Å². The number of methoxy groups -OCH3 is 1. The van der Waals surface area contributed by atoms with Crippen molar-refractivity contribution in [3.05, 3.63) is 76.8 Å². The maximum Gasteiger partial charge on any atom is 0.291 e. The number of anilines is 2. The summed E-state index contributed by atoms with van der Waals surface area (Å²) < 4.78 is 65.1. The first-order chi connectivity index (χ1) is 14.2. The minimum absolute atomic E-state index is 0.0731. The Kier molecular flexibility index (Phi) is 5.77. The van der Waals surface area contributed by atoms with Crippen molar-refractivity contribution in [3.8, 4) is 5.75 Å². The summed E-state index contributed by atoms with van der Waals surface area (Å²) in [6.07, 6.45) is 1.34. The molecule has 0 saturated heterocycles. The molecule has 2 aromatic carbocycles. The topological polar surface area (TPSA) is 80.6 Å². The van der Waals surface area contributed by atoms with Crippen LogP contribution in [0.1, 0.15) is 26.5 Å². The van der Waals surface area contributed by atoms with Gasteiger partial charge in [-0.05, 0) is 42.8 Å². The van der Waals surface area contributed by atoms with Gasteiger partial charge in [-0.15, -0.1) is 0 Å². The van der Waals surface area contributed by atoms with E-state index in [1.807, 2.05) is 0 Å². The summed E-state index contributed by atoms with van der Waals surface area (Å²) in [6.45, 7) is 1.60. The molecule has 0 unspecified atom stereocenters. The number of hydrogen-bond donors (Lipinski definition) is 2. The maximum absolute atomic E-state index is 14.1. The third-order valence-electron chi connectivity index (χ3n) is 4.13. The zero-order valence-corrected chi connectivity index (χ0v) is 15.6. The van der Waals surface area contributed by atoms with E-state index in [2.05, 4.69) is 15.4 Å². The van der Waals surface area contributed by atoms with E-state index in [4.69, 9.17) is 4.42 Å². The molecule has 0 aliphatic heterocycles. The van der Waals surface area contributed by atoms with Gasteiger partial charge in [0, 0.05) is 11.4 Å². The van der Waals surface area contributed by atoms with Crippen LogP contribution in [0.15, 0.2) is 41.0 Å². The molecule has 2 amide bonds. The number of rotatable bonds is 5. The van der Waals surface area contributed by atoms with Gasteiger partial charge in [-0.1, -0.05) is 0 Å². The van der Waals surface area contributed by atoms with Crippen LogP contribution in [-0.2, 0) is 0 Å². The second-order valence-corrected chi connectivity index (χ2v) is 6.08. The van der Waals surface area contributed by atoms with Crippen LogP contribution < -0.4 is 15.4 Å². The fraction of sp³-hybridized carbons (Fsp3) is 0.100. The van der Waals surface area contributed by atoms with Gasteiger partial charge in [0.05, 0.1) is 13.4 Å². The van der Waals surface area contributed by atoms with Gasteiger partial charge < -0.3 is 19.8 Å². The molecule has 0 spiro atoms. The molecular formula is C20H14F4N2O4. The summed E-state index contributed by atoms with van der Waals surface area (Å²) in [5, 5.41) is 4.75. The molecule has 0 radical (unpaired) electrons. The number of hydrogen-bond acceptors (Lipinski definition) is 4. The second kappa shape index (κ2) is 8.27. The third kappa shape index (κ3) is 3.84. The number of benzene rings is 2. The minimum atomic E-state index is -1.89. The molecule has 156 valence electrons. The average Bonchev–Trinajstić information content (AvgIpc) is 3.24. The molecule has 1 heterocycles. The lowest BCUT2D eigenvalue weighted by molar-refractivity contribution is 0.0993. The van der Waals surface area contributed by atoms with Gasteiger partial charge in [0.15, 0.2) is 23.1 Å². The highest BCUT2D eigenvalue weighted by atomic mass is 19.2. The van der Waals surface area contributed by atoms with Crippen molar-refractivity contribution in [2.75, 3.05) is 17.7 Å². The van der Waals surface area contributed by atoms with E-state index in [0.717, 1.165) is 7.11 Å². The quantitative estimate of drug-likeness (QED) is 0.463. The Balaban J connectivity index is 1.83. The molecule has 10 heteroatoms. The van der Waals surface area contributed by atoms with Crippen molar-refractivity contribution in [1.29, 1.82) is 0 Å². The van der Waals surface area contributed by atoms with Crippen LogP contribution in [0.4, 0.5) is 28.9 Å². The lowest BCUT2D eigenvalue weighted by atomic mass is 10.1. The summed E-state index contributed by atoms with van der Waals surface area (Å²) >= 11 is 0. The molecule has 0 fully saturated rings. The number of carbonyl (C=O) groups is 2. The Morgan fingerprint density at radius 1 is 0.933 bits per heavy atom. The van der Waals surface area contributed by atoms with Gasteiger partial charge in [0.25, 0.3) is 11.8 Å². The molecule has 0 aliphatic rings. The number of carbonyl (C=O) groups excluding carboxylic acids is 2. The van der Waals surface area contributed by atoms with Gasteiger partial charge in [0.1, 0.15) is 5.56 Å². The highest BCUT2D eigenvalue weighted by Crippen LogP contribution is 2.30. The van der Waals surface area contributed by atoms with Gasteiger partial charge in [-0.3, -0.25) is 9.59 Å². The largest absolute Gasteiger partial charge is 0.491 e. The van der Waals surface area contributed by atoms with Crippen LogP contribution >= 0.6 is 0 Å². The first-order valence-corrected chi connectivity index (χ1v) is 8.41. The van der Waals surface area contributed by atoms with Crippen molar-refractivity contribution in [2.45, 2.75) is 6.92 Å². The second-order valence-electron chi connectivity index (χ2n) is 6.08.